The average molecular weight is 390 g/mol. The van der Waals surface area contributed by atoms with Crippen LogP contribution in [0.2, 0.25) is 0 Å². The SMILES string of the molecule is O=C1/C(=C/c2ccc(/C=C3\CCc4ccccc4C3=O)cc2)CCc2ccccc21. The summed E-state index contributed by atoms with van der Waals surface area (Å²) in [5, 5.41) is 0. The second-order valence-electron chi connectivity index (χ2n) is 7.98. The number of carbonyl (C=O) groups is 2. The zero-order valence-corrected chi connectivity index (χ0v) is 16.7. The second-order valence-corrected chi connectivity index (χ2v) is 7.98. The van der Waals surface area contributed by atoms with Crippen molar-refractivity contribution in [1.29, 1.82) is 0 Å². The number of fused-ring (bicyclic) bond motifs is 2. The highest BCUT2D eigenvalue weighted by molar-refractivity contribution is 6.14. The normalized spacial score (nSPS) is 18.4. The van der Waals surface area contributed by atoms with Crippen LogP contribution in [0.3, 0.4) is 0 Å². The monoisotopic (exact) mass is 390 g/mol. The van der Waals surface area contributed by atoms with Gasteiger partial charge in [0.25, 0.3) is 0 Å². The number of rotatable bonds is 2. The number of hydrogen-bond acceptors (Lipinski definition) is 2. The molecule has 2 aliphatic rings. The lowest BCUT2D eigenvalue weighted by Crippen LogP contribution is -2.13. The zero-order chi connectivity index (χ0) is 20.5. The summed E-state index contributed by atoms with van der Waals surface area (Å²) in [7, 11) is 0. The van der Waals surface area contributed by atoms with E-state index in [2.05, 4.69) is 0 Å². The van der Waals surface area contributed by atoms with E-state index in [0.717, 1.165) is 70.2 Å². The van der Waals surface area contributed by atoms with E-state index >= 15 is 0 Å². The van der Waals surface area contributed by atoms with Crippen molar-refractivity contribution in [3.05, 3.63) is 117 Å². The lowest BCUT2D eigenvalue weighted by Gasteiger charge is -2.17. The van der Waals surface area contributed by atoms with Crippen molar-refractivity contribution < 1.29 is 9.59 Å². The van der Waals surface area contributed by atoms with Gasteiger partial charge in [-0.05, 0) is 60.1 Å². The lowest BCUT2D eigenvalue weighted by atomic mass is 9.85. The van der Waals surface area contributed by atoms with Crippen molar-refractivity contribution in [1.82, 2.24) is 0 Å². The molecule has 0 N–H and O–H groups in total. The van der Waals surface area contributed by atoms with E-state index < -0.39 is 0 Å². The molecule has 0 spiro atoms. The van der Waals surface area contributed by atoms with E-state index in [1.54, 1.807) is 0 Å². The highest BCUT2D eigenvalue weighted by Crippen LogP contribution is 2.28. The minimum absolute atomic E-state index is 0.134. The summed E-state index contributed by atoms with van der Waals surface area (Å²) in [6.07, 6.45) is 7.35. The molecule has 0 fully saturated rings. The molecule has 0 radical (unpaired) electrons. The Labute approximate surface area is 176 Å². The number of benzene rings is 3. The first-order valence-electron chi connectivity index (χ1n) is 10.5. The first-order chi connectivity index (χ1) is 14.7. The minimum atomic E-state index is 0.134. The molecule has 0 saturated heterocycles. The Morgan fingerprint density at radius 2 is 0.900 bits per heavy atom. The number of carbonyl (C=O) groups excluding carboxylic acids is 2. The minimum Gasteiger partial charge on any atom is -0.289 e. The molecule has 2 aliphatic carbocycles. The molecule has 3 aromatic carbocycles. The average Bonchev–Trinajstić information content (AvgIpc) is 2.79. The molecule has 0 unspecified atom stereocenters. The van der Waals surface area contributed by atoms with Crippen LogP contribution in [0.4, 0.5) is 0 Å². The summed E-state index contributed by atoms with van der Waals surface area (Å²) in [6, 6.07) is 23.8. The smallest absolute Gasteiger partial charge is 0.189 e. The molecule has 0 aliphatic heterocycles. The molecule has 0 saturated carbocycles. The van der Waals surface area contributed by atoms with Gasteiger partial charge in [-0.2, -0.15) is 0 Å². The molecule has 2 heteroatoms. The molecule has 0 atom stereocenters. The van der Waals surface area contributed by atoms with Crippen LogP contribution in [-0.4, -0.2) is 11.6 Å². The summed E-state index contributed by atoms with van der Waals surface area (Å²) in [5.74, 6) is 0.268. The molecular weight excluding hydrogens is 368 g/mol. The third-order valence-corrected chi connectivity index (χ3v) is 6.05. The fourth-order valence-electron chi connectivity index (χ4n) is 4.40. The van der Waals surface area contributed by atoms with Crippen LogP contribution in [0, 0.1) is 0 Å². The van der Waals surface area contributed by atoms with Gasteiger partial charge in [0.05, 0.1) is 0 Å². The maximum Gasteiger partial charge on any atom is 0.189 e. The molecule has 5 rings (SSSR count). The van der Waals surface area contributed by atoms with Gasteiger partial charge < -0.3 is 0 Å². The quantitative estimate of drug-likeness (QED) is 0.495. The molecule has 0 bridgehead atoms. The Morgan fingerprint density at radius 3 is 1.33 bits per heavy atom. The van der Waals surface area contributed by atoms with Gasteiger partial charge in [0.15, 0.2) is 11.6 Å². The molecule has 146 valence electrons. The first-order valence-corrected chi connectivity index (χ1v) is 10.5. The Morgan fingerprint density at radius 1 is 0.500 bits per heavy atom. The fraction of sp³-hybridized carbons (Fsp3) is 0.143. The number of aryl methyl sites for hydroxylation is 2. The van der Waals surface area contributed by atoms with Crippen molar-refractivity contribution in [2.45, 2.75) is 25.7 Å². The maximum atomic E-state index is 12.8. The van der Waals surface area contributed by atoms with Crippen LogP contribution < -0.4 is 0 Å². The third kappa shape index (κ3) is 3.46. The predicted octanol–water partition coefficient (Wildman–Crippen LogP) is 6.11. The molecular formula is C28H22O2. The highest BCUT2D eigenvalue weighted by Gasteiger charge is 2.22. The van der Waals surface area contributed by atoms with E-state index in [9.17, 15) is 9.59 Å². The molecule has 3 aromatic rings. The Balaban J connectivity index is 1.37. The fourth-order valence-corrected chi connectivity index (χ4v) is 4.40. The van der Waals surface area contributed by atoms with Gasteiger partial charge in [-0.15, -0.1) is 0 Å². The molecule has 2 nitrogen and oxygen atoms in total. The lowest BCUT2D eigenvalue weighted by molar-refractivity contribution is 0.101. The van der Waals surface area contributed by atoms with Gasteiger partial charge >= 0.3 is 0 Å². The second kappa shape index (κ2) is 7.72. The van der Waals surface area contributed by atoms with E-state index in [4.69, 9.17) is 0 Å². The van der Waals surface area contributed by atoms with Gasteiger partial charge in [0.1, 0.15) is 0 Å². The Hall–Kier alpha value is -3.52. The van der Waals surface area contributed by atoms with Gasteiger partial charge in [-0.3, -0.25) is 9.59 Å². The van der Waals surface area contributed by atoms with Crippen LogP contribution in [0.15, 0.2) is 83.9 Å². The summed E-state index contributed by atoms with van der Waals surface area (Å²) < 4.78 is 0. The van der Waals surface area contributed by atoms with Crippen LogP contribution in [0.25, 0.3) is 12.2 Å². The highest BCUT2D eigenvalue weighted by atomic mass is 16.1. The zero-order valence-electron chi connectivity index (χ0n) is 16.7. The Bertz CT molecular complexity index is 1110. The summed E-state index contributed by atoms with van der Waals surface area (Å²) in [5.41, 5.74) is 7.68. The van der Waals surface area contributed by atoms with Crippen molar-refractivity contribution in [2.75, 3.05) is 0 Å². The maximum absolute atomic E-state index is 12.8. The molecule has 30 heavy (non-hydrogen) atoms. The number of ketones is 2. The van der Waals surface area contributed by atoms with Crippen LogP contribution >= 0.6 is 0 Å². The van der Waals surface area contributed by atoms with E-state index in [1.807, 2.05) is 84.9 Å². The van der Waals surface area contributed by atoms with Gasteiger partial charge in [-0.1, -0.05) is 72.8 Å². The van der Waals surface area contributed by atoms with E-state index in [0.29, 0.717) is 0 Å². The standard InChI is InChI=1S/C28H22O2/c29-27-23(15-13-21-5-1-3-7-25(21)27)17-19-9-11-20(12-10-19)18-24-16-14-22-6-2-4-8-26(22)28(24)30/h1-12,17-18H,13-16H2/b23-17+,24-18+. The molecule has 0 amide bonds. The van der Waals surface area contributed by atoms with Crippen LogP contribution in [-0.2, 0) is 12.8 Å². The summed E-state index contributed by atoms with van der Waals surface area (Å²) in [6.45, 7) is 0. The van der Waals surface area contributed by atoms with Crippen LogP contribution in [0.5, 0.6) is 0 Å². The van der Waals surface area contributed by atoms with Gasteiger partial charge in [0.2, 0.25) is 0 Å². The van der Waals surface area contributed by atoms with E-state index in [1.165, 1.54) is 0 Å². The first kappa shape index (κ1) is 18.5. The van der Waals surface area contributed by atoms with Crippen molar-refractivity contribution in [2.24, 2.45) is 0 Å². The van der Waals surface area contributed by atoms with Crippen molar-refractivity contribution >= 4 is 23.7 Å². The van der Waals surface area contributed by atoms with Crippen molar-refractivity contribution in [3.63, 3.8) is 0 Å². The predicted molar refractivity (Wildman–Crippen MR) is 121 cm³/mol. The molecule has 0 aromatic heterocycles. The summed E-state index contributed by atoms with van der Waals surface area (Å²) >= 11 is 0. The Kier molecular flexibility index (Phi) is 4.76. The number of allylic oxidation sites excluding steroid dienone is 2. The van der Waals surface area contributed by atoms with E-state index in [-0.39, 0.29) is 11.6 Å². The third-order valence-electron chi connectivity index (χ3n) is 6.05. The van der Waals surface area contributed by atoms with Gasteiger partial charge in [-0.25, -0.2) is 0 Å². The summed E-state index contributed by atoms with van der Waals surface area (Å²) in [4.78, 5) is 25.5. The molecule has 0 heterocycles. The largest absolute Gasteiger partial charge is 0.289 e. The van der Waals surface area contributed by atoms with Crippen molar-refractivity contribution in [3.8, 4) is 0 Å². The van der Waals surface area contributed by atoms with Gasteiger partial charge in [0, 0.05) is 22.3 Å². The number of Topliss-reactive ketones (excluding diaryl/α,β-unsaturated/α-hetero) is 2. The topological polar surface area (TPSA) is 34.1 Å². The number of hydrogen-bond donors (Lipinski definition) is 0. The van der Waals surface area contributed by atoms with Crippen LogP contribution in [0.1, 0.15) is 55.8 Å².